The summed E-state index contributed by atoms with van der Waals surface area (Å²) < 4.78 is 11.3. The van der Waals surface area contributed by atoms with Gasteiger partial charge in [0.15, 0.2) is 0 Å². The van der Waals surface area contributed by atoms with Crippen molar-refractivity contribution in [3.05, 3.63) is 35.9 Å². The molecule has 1 unspecified atom stereocenters. The maximum Gasteiger partial charge on any atom is 0.128 e. The number of benzene rings is 1. The van der Waals surface area contributed by atoms with E-state index in [1.807, 2.05) is 19.1 Å². The molecule has 1 N–H and O–H groups in total. The standard InChI is InChI=1S/C15H21NO2/c1-4-7-16-14-10-18-15-8-12(5-6-13(14)15)17-9-11(2)3/h5-6,8,14,16H,2,4,7,9-10H2,1,3H3. The van der Waals surface area contributed by atoms with Gasteiger partial charge in [-0.2, -0.15) is 0 Å². The Bertz CT molecular complexity index is 429. The van der Waals surface area contributed by atoms with Crippen LogP contribution < -0.4 is 14.8 Å². The molecule has 0 aromatic heterocycles. The molecule has 1 aromatic rings. The molecule has 1 heterocycles. The van der Waals surface area contributed by atoms with Gasteiger partial charge in [-0.05, 0) is 37.6 Å². The highest BCUT2D eigenvalue weighted by Crippen LogP contribution is 2.35. The molecular weight excluding hydrogens is 226 g/mol. The highest BCUT2D eigenvalue weighted by molar-refractivity contribution is 5.45. The number of hydrogen-bond acceptors (Lipinski definition) is 3. The molecule has 0 saturated heterocycles. The molecule has 0 spiro atoms. The van der Waals surface area contributed by atoms with Gasteiger partial charge in [-0.3, -0.25) is 0 Å². The SMILES string of the molecule is C=C(C)COc1ccc2c(c1)OCC2NCCC. The zero-order valence-corrected chi connectivity index (χ0v) is 11.2. The predicted molar refractivity (Wildman–Crippen MR) is 73.3 cm³/mol. The van der Waals surface area contributed by atoms with Crippen molar-refractivity contribution in [3.63, 3.8) is 0 Å². The molecule has 0 fully saturated rings. The molecule has 1 atom stereocenters. The molecule has 1 aliphatic rings. The molecule has 3 nitrogen and oxygen atoms in total. The van der Waals surface area contributed by atoms with Crippen molar-refractivity contribution in [2.75, 3.05) is 19.8 Å². The van der Waals surface area contributed by atoms with E-state index in [1.165, 1.54) is 5.56 Å². The lowest BCUT2D eigenvalue weighted by atomic mass is 10.1. The second-order valence-electron chi connectivity index (χ2n) is 4.76. The lowest BCUT2D eigenvalue weighted by Crippen LogP contribution is -2.22. The molecule has 2 rings (SSSR count). The number of hydrogen-bond donors (Lipinski definition) is 1. The Balaban J connectivity index is 2.03. The highest BCUT2D eigenvalue weighted by atomic mass is 16.5. The van der Waals surface area contributed by atoms with Crippen LogP contribution in [0.15, 0.2) is 30.4 Å². The van der Waals surface area contributed by atoms with E-state index in [0.717, 1.165) is 30.0 Å². The Labute approximate surface area is 109 Å². The Morgan fingerprint density at radius 3 is 3.11 bits per heavy atom. The second kappa shape index (κ2) is 5.91. The maximum atomic E-state index is 5.69. The maximum absolute atomic E-state index is 5.69. The number of ether oxygens (including phenoxy) is 2. The van der Waals surface area contributed by atoms with Crippen molar-refractivity contribution in [3.8, 4) is 11.5 Å². The smallest absolute Gasteiger partial charge is 0.128 e. The minimum Gasteiger partial charge on any atom is -0.491 e. The normalized spacial score (nSPS) is 17.1. The van der Waals surface area contributed by atoms with Crippen molar-refractivity contribution >= 4 is 0 Å². The monoisotopic (exact) mass is 247 g/mol. The molecule has 18 heavy (non-hydrogen) atoms. The van der Waals surface area contributed by atoms with Crippen LogP contribution in [-0.4, -0.2) is 19.8 Å². The van der Waals surface area contributed by atoms with E-state index >= 15 is 0 Å². The van der Waals surface area contributed by atoms with Crippen LogP contribution in [0.3, 0.4) is 0 Å². The summed E-state index contributed by atoms with van der Waals surface area (Å²) in [6, 6.07) is 6.36. The van der Waals surface area contributed by atoms with Crippen molar-refractivity contribution in [2.24, 2.45) is 0 Å². The highest BCUT2D eigenvalue weighted by Gasteiger charge is 2.23. The summed E-state index contributed by atoms with van der Waals surface area (Å²) in [6.45, 7) is 10.2. The summed E-state index contributed by atoms with van der Waals surface area (Å²) in [6.07, 6.45) is 1.13. The third-order valence-electron chi connectivity index (χ3n) is 2.89. The van der Waals surface area contributed by atoms with Gasteiger partial charge in [0.2, 0.25) is 0 Å². The fraction of sp³-hybridized carbons (Fsp3) is 0.467. The first-order valence-electron chi connectivity index (χ1n) is 6.48. The van der Waals surface area contributed by atoms with E-state index in [1.54, 1.807) is 0 Å². The van der Waals surface area contributed by atoms with Gasteiger partial charge in [-0.1, -0.05) is 13.5 Å². The molecule has 3 heteroatoms. The van der Waals surface area contributed by atoms with E-state index in [-0.39, 0.29) is 0 Å². The van der Waals surface area contributed by atoms with E-state index in [4.69, 9.17) is 9.47 Å². The van der Waals surface area contributed by atoms with Crippen molar-refractivity contribution in [1.29, 1.82) is 0 Å². The lowest BCUT2D eigenvalue weighted by Gasteiger charge is -2.11. The van der Waals surface area contributed by atoms with E-state index in [2.05, 4.69) is 24.9 Å². The topological polar surface area (TPSA) is 30.5 Å². The molecule has 0 radical (unpaired) electrons. The van der Waals surface area contributed by atoms with Gasteiger partial charge in [-0.25, -0.2) is 0 Å². The summed E-state index contributed by atoms with van der Waals surface area (Å²) in [5, 5.41) is 3.48. The molecule has 1 aromatic carbocycles. The molecule has 0 amide bonds. The average Bonchev–Trinajstić information content (AvgIpc) is 2.76. The zero-order chi connectivity index (χ0) is 13.0. The average molecular weight is 247 g/mol. The number of rotatable bonds is 6. The Morgan fingerprint density at radius 1 is 1.56 bits per heavy atom. The summed E-state index contributed by atoms with van der Waals surface area (Å²) in [4.78, 5) is 0. The Hall–Kier alpha value is -1.48. The van der Waals surface area contributed by atoms with Gasteiger partial charge in [0, 0.05) is 11.6 Å². The molecule has 98 valence electrons. The predicted octanol–water partition coefficient (Wildman–Crippen LogP) is 3.07. The minimum atomic E-state index is 0.315. The van der Waals surface area contributed by atoms with Gasteiger partial charge in [0.05, 0.1) is 6.04 Å². The molecule has 0 aliphatic carbocycles. The largest absolute Gasteiger partial charge is 0.491 e. The summed E-state index contributed by atoms with van der Waals surface area (Å²) in [7, 11) is 0. The molecule has 0 saturated carbocycles. The molecule has 1 aliphatic heterocycles. The summed E-state index contributed by atoms with van der Waals surface area (Å²) in [5.74, 6) is 1.77. The van der Waals surface area contributed by atoms with E-state index < -0.39 is 0 Å². The minimum absolute atomic E-state index is 0.315. The number of fused-ring (bicyclic) bond motifs is 1. The van der Waals surface area contributed by atoms with Gasteiger partial charge < -0.3 is 14.8 Å². The van der Waals surface area contributed by atoms with Crippen molar-refractivity contribution < 1.29 is 9.47 Å². The van der Waals surface area contributed by atoms with Crippen LogP contribution in [-0.2, 0) is 0 Å². The first kappa shape index (κ1) is 13.0. The fourth-order valence-electron chi connectivity index (χ4n) is 1.97. The van der Waals surface area contributed by atoms with Crippen LogP contribution in [0.4, 0.5) is 0 Å². The van der Waals surface area contributed by atoms with Gasteiger partial charge in [-0.15, -0.1) is 0 Å². The number of nitrogens with one attached hydrogen (secondary N) is 1. The second-order valence-corrected chi connectivity index (χ2v) is 4.76. The zero-order valence-electron chi connectivity index (χ0n) is 11.2. The van der Waals surface area contributed by atoms with Gasteiger partial charge in [0.25, 0.3) is 0 Å². The lowest BCUT2D eigenvalue weighted by molar-refractivity contribution is 0.308. The van der Waals surface area contributed by atoms with Crippen molar-refractivity contribution in [2.45, 2.75) is 26.3 Å². The van der Waals surface area contributed by atoms with E-state index in [0.29, 0.717) is 19.3 Å². The van der Waals surface area contributed by atoms with Crippen LogP contribution in [0.2, 0.25) is 0 Å². The van der Waals surface area contributed by atoms with Gasteiger partial charge in [0.1, 0.15) is 24.7 Å². The molecule has 0 bridgehead atoms. The quantitative estimate of drug-likeness (QED) is 0.784. The third-order valence-corrected chi connectivity index (χ3v) is 2.89. The van der Waals surface area contributed by atoms with Crippen LogP contribution in [0, 0.1) is 0 Å². The van der Waals surface area contributed by atoms with Crippen molar-refractivity contribution in [1.82, 2.24) is 5.32 Å². The van der Waals surface area contributed by atoms with E-state index in [9.17, 15) is 0 Å². The summed E-state index contributed by atoms with van der Waals surface area (Å²) >= 11 is 0. The Kier molecular flexibility index (Phi) is 4.26. The Morgan fingerprint density at radius 2 is 2.39 bits per heavy atom. The van der Waals surface area contributed by atoms with Crippen LogP contribution in [0.25, 0.3) is 0 Å². The van der Waals surface area contributed by atoms with Crippen LogP contribution in [0.5, 0.6) is 11.5 Å². The van der Waals surface area contributed by atoms with Gasteiger partial charge >= 0.3 is 0 Å². The van der Waals surface area contributed by atoms with Crippen LogP contribution in [0.1, 0.15) is 31.9 Å². The first-order chi connectivity index (χ1) is 8.70. The first-order valence-corrected chi connectivity index (χ1v) is 6.48. The van der Waals surface area contributed by atoms with Crippen LogP contribution >= 0.6 is 0 Å². The fourth-order valence-corrected chi connectivity index (χ4v) is 1.97. The molecular formula is C15H21NO2. The summed E-state index contributed by atoms with van der Waals surface area (Å²) in [5.41, 5.74) is 2.24. The third kappa shape index (κ3) is 3.05.